The van der Waals surface area contributed by atoms with Crippen molar-refractivity contribution >= 4 is 56.0 Å². The summed E-state index contributed by atoms with van der Waals surface area (Å²) in [7, 11) is 0. The molecule has 140 valence electrons. The number of thioether (sulfide) groups is 1. The van der Waals surface area contributed by atoms with Crippen molar-refractivity contribution in [2.75, 3.05) is 36.8 Å². The Morgan fingerprint density at radius 3 is 2.63 bits per heavy atom. The normalized spacial score (nSPS) is 14.7. The number of fused-ring (bicyclic) bond motifs is 1. The summed E-state index contributed by atoms with van der Waals surface area (Å²) >= 11 is 9.12. The number of amides is 1. The molecule has 0 N–H and O–H groups in total. The van der Waals surface area contributed by atoms with Gasteiger partial charge in [0.05, 0.1) is 16.0 Å². The maximum absolute atomic E-state index is 12.9. The van der Waals surface area contributed by atoms with E-state index in [2.05, 4.69) is 9.88 Å². The van der Waals surface area contributed by atoms with Crippen LogP contribution in [0, 0.1) is 5.82 Å². The highest BCUT2D eigenvalue weighted by Gasteiger charge is 2.23. The highest BCUT2D eigenvalue weighted by Crippen LogP contribution is 2.31. The number of aromatic nitrogens is 1. The Bertz CT molecular complexity index is 955. The van der Waals surface area contributed by atoms with Crippen molar-refractivity contribution in [2.24, 2.45) is 0 Å². The molecule has 1 fully saturated rings. The van der Waals surface area contributed by atoms with E-state index in [0.717, 1.165) is 33.3 Å². The van der Waals surface area contributed by atoms with Gasteiger partial charge in [-0.2, -0.15) is 0 Å². The molecule has 4 nitrogen and oxygen atoms in total. The molecule has 3 aromatic rings. The fraction of sp³-hybridized carbons (Fsp3) is 0.263. The minimum atomic E-state index is -0.265. The lowest BCUT2D eigenvalue weighted by molar-refractivity contribution is -0.128. The van der Waals surface area contributed by atoms with E-state index in [0.29, 0.717) is 23.9 Å². The zero-order valence-electron chi connectivity index (χ0n) is 14.4. The summed E-state index contributed by atoms with van der Waals surface area (Å²) in [6.07, 6.45) is 0. The van der Waals surface area contributed by atoms with E-state index in [1.54, 1.807) is 23.5 Å². The Balaban J connectivity index is 1.32. The fourth-order valence-electron chi connectivity index (χ4n) is 2.94. The number of piperazine rings is 1. The van der Waals surface area contributed by atoms with Crippen molar-refractivity contribution in [3.63, 3.8) is 0 Å². The zero-order valence-corrected chi connectivity index (χ0v) is 16.8. The number of carbonyl (C=O) groups is 1. The first-order valence-electron chi connectivity index (χ1n) is 8.56. The first-order valence-corrected chi connectivity index (χ1v) is 10.7. The van der Waals surface area contributed by atoms with Crippen molar-refractivity contribution in [1.82, 2.24) is 9.88 Å². The van der Waals surface area contributed by atoms with Crippen molar-refractivity contribution in [1.29, 1.82) is 0 Å². The van der Waals surface area contributed by atoms with Gasteiger partial charge in [0.1, 0.15) is 5.82 Å². The maximum Gasteiger partial charge on any atom is 0.233 e. The average Bonchev–Trinajstić information content (AvgIpc) is 3.10. The van der Waals surface area contributed by atoms with Gasteiger partial charge in [0.25, 0.3) is 0 Å². The van der Waals surface area contributed by atoms with Gasteiger partial charge in [-0.15, -0.1) is 11.8 Å². The highest BCUT2D eigenvalue weighted by atomic mass is 35.5. The van der Waals surface area contributed by atoms with Crippen LogP contribution < -0.4 is 4.90 Å². The van der Waals surface area contributed by atoms with Crippen molar-refractivity contribution in [3.05, 3.63) is 53.3 Å². The number of hydrogen-bond acceptors (Lipinski definition) is 5. The maximum atomic E-state index is 12.9. The van der Waals surface area contributed by atoms with E-state index in [-0.39, 0.29) is 11.7 Å². The Morgan fingerprint density at radius 1 is 1.15 bits per heavy atom. The van der Waals surface area contributed by atoms with Crippen molar-refractivity contribution in [3.8, 4) is 0 Å². The lowest BCUT2D eigenvalue weighted by Gasteiger charge is -2.34. The van der Waals surface area contributed by atoms with Crippen molar-refractivity contribution < 1.29 is 9.18 Å². The van der Waals surface area contributed by atoms with Gasteiger partial charge < -0.3 is 9.80 Å². The SMILES string of the molecule is O=C(CSc1ccc(F)cc1)N1CCN(c2nc3ccc(Cl)cc3s2)CC1. The van der Waals surface area contributed by atoms with Crippen LogP contribution in [0.2, 0.25) is 5.02 Å². The number of thiazole rings is 1. The molecule has 2 heterocycles. The third-order valence-corrected chi connectivity index (χ3v) is 6.73. The molecule has 0 spiro atoms. The molecule has 0 atom stereocenters. The Hall–Kier alpha value is -1.83. The molecule has 4 rings (SSSR count). The second-order valence-corrected chi connectivity index (χ2v) is 8.71. The molecule has 0 radical (unpaired) electrons. The minimum absolute atomic E-state index is 0.111. The molecule has 8 heteroatoms. The van der Waals surface area contributed by atoms with E-state index in [1.807, 2.05) is 23.1 Å². The van der Waals surface area contributed by atoms with Gasteiger partial charge in [0.2, 0.25) is 5.91 Å². The summed E-state index contributed by atoms with van der Waals surface area (Å²) in [5, 5.41) is 1.69. The molecule has 1 saturated heterocycles. The Kier molecular flexibility index (Phi) is 5.52. The van der Waals surface area contributed by atoms with Crippen LogP contribution >= 0.6 is 34.7 Å². The summed E-state index contributed by atoms with van der Waals surface area (Å²) in [5.74, 6) is 0.213. The Morgan fingerprint density at radius 2 is 1.89 bits per heavy atom. The number of carbonyl (C=O) groups excluding carboxylic acids is 1. The van der Waals surface area contributed by atoms with Crippen LogP contribution in [-0.4, -0.2) is 47.7 Å². The highest BCUT2D eigenvalue weighted by molar-refractivity contribution is 8.00. The number of nitrogens with zero attached hydrogens (tertiary/aromatic N) is 3. The summed E-state index contributed by atoms with van der Waals surface area (Å²) in [6, 6.07) is 11.9. The van der Waals surface area contributed by atoms with Gasteiger partial charge in [-0.05, 0) is 42.5 Å². The van der Waals surface area contributed by atoms with Gasteiger partial charge in [0, 0.05) is 36.1 Å². The van der Waals surface area contributed by atoms with Crippen LogP contribution in [0.15, 0.2) is 47.4 Å². The van der Waals surface area contributed by atoms with E-state index in [1.165, 1.54) is 23.9 Å². The van der Waals surface area contributed by atoms with Gasteiger partial charge in [-0.3, -0.25) is 4.79 Å². The van der Waals surface area contributed by atoms with Gasteiger partial charge >= 0.3 is 0 Å². The average molecular weight is 422 g/mol. The number of hydrogen-bond donors (Lipinski definition) is 0. The molecule has 0 aliphatic carbocycles. The molecule has 0 bridgehead atoms. The topological polar surface area (TPSA) is 36.4 Å². The molecule has 1 aliphatic rings. The predicted molar refractivity (Wildman–Crippen MR) is 111 cm³/mol. The molecule has 0 saturated carbocycles. The first kappa shape index (κ1) is 18.5. The smallest absolute Gasteiger partial charge is 0.233 e. The first-order chi connectivity index (χ1) is 13.1. The van der Waals surface area contributed by atoms with Gasteiger partial charge in [-0.1, -0.05) is 22.9 Å². The molecule has 0 unspecified atom stereocenters. The lowest BCUT2D eigenvalue weighted by Crippen LogP contribution is -2.49. The standard InChI is InChI=1S/C19H17ClFN3OS2/c20-13-1-6-16-17(11-13)27-19(22-16)24-9-7-23(8-10-24)18(25)12-26-15-4-2-14(21)3-5-15/h1-6,11H,7-10,12H2. The number of anilines is 1. The van der Waals surface area contributed by atoms with Crippen LogP contribution in [0.1, 0.15) is 0 Å². The summed E-state index contributed by atoms with van der Waals surface area (Å²) in [6.45, 7) is 2.89. The van der Waals surface area contributed by atoms with Gasteiger partial charge in [0.15, 0.2) is 5.13 Å². The van der Waals surface area contributed by atoms with E-state index >= 15 is 0 Å². The van der Waals surface area contributed by atoms with E-state index < -0.39 is 0 Å². The predicted octanol–water partition coefficient (Wildman–Crippen LogP) is 4.53. The molecule has 2 aromatic carbocycles. The van der Waals surface area contributed by atoms with Crippen LogP contribution in [0.3, 0.4) is 0 Å². The number of halogens is 2. The third-order valence-electron chi connectivity index (χ3n) is 4.42. The van der Waals surface area contributed by atoms with E-state index in [4.69, 9.17) is 11.6 Å². The third kappa shape index (κ3) is 4.36. The van der Waals surface area contributed by atoms with Crippen LogP contribution in [0.25, 0.3) is 10.2 Å². The molecule has 1 aromatic heterocycles. The monoisotopic (exact) mass is 421 g/mol. The fourth-order valence-corrected chi connectivity index (χ4v) is 5.03. The second-order valence-electron chi connectivity index (χ2n) is 6.22. The van der Waals surface area contributed by atoms with Crippen LogP contribution in [0.4, 0.5) is 9.52 Å². The van der Waals surface area contributed by atoms with Crippen molar-refractivity contribution in [2.45, 2.75) is 4.90 Å². The molecular weight excluding hydrogens is 405 g/mol. The number of benzene rings is 2. The van der Waals surface area contributed by atoms with Crippen LogP contribution in [-0.2, 0) is 4.79 Å². The van der Waals surface area contributed by atoms with Crippen LogP contribution in [0.5, 0.6) is 0 Å². The second kappa shape index (κ2) is 8.04. The lowest BCUT2D eigenvalue weighted by atomic mass is 10.3. The number of rotatable bonds is 4. The summed E-state index contributed by atoms with van der Waals surface area (Å²) < 4.78 is 14.0. The molecule has 1 aliphatic heterocycles. The Labute approximate surface area is 169 Å². The molecule has 1 amide bonds. The molecular formula is C19H17ClFN3OS2. The zero-order chi connectivity index (χ0) is 18.8. The minimum Gasteiger partial charge on any atom is -0.345 e. The van der Waals surface area contributed by atoms with Gasteiger partial charge in [-0.25, -0.2) is 9.37 Å². The summed E-state index contributed by atoms with van der Waals surface area (Å²) in [4.78, 5) is 22.1. The van der Waals surface area contributed by atoms with E-state index in [9.17, 15) is 9.18 Å². The molecule has 27 heavy (non-hydrogen) atoms. The largest absolute Gasteiger partial charge is 0.345 e. The quantitative estimate of drug-likeness (QED) is 0.580. The summed E-state index contributed by atoms with van der Waals surface area (Å²) in [5.41, 5.74) is 0.952.